The maximum atomic E-state index is 8.28. The fourth-order valence-corrected chi connectivity index (χ4v) is 1.27. The zero-order chi connectivity index (χ0) is 4.99. The van der Waals surface area contributed by atoms with E-state index in [4.69, 9.17) is 4.89 Å². The molecule has 5 heteroatoms. The molecular formula is C3H10OP2WY. The van der Waals surface area contributed by atoms with Crippen molar-refractivity contribution in [1.29, 1.82) is 0 Å². The summed E-state index contributed by atoms with van der Waals surface area (Å²) in [5.41, 5.74) is 0. The van der Waals surface area contributed by atoms with E-state index < -0.39 is 0 Å². The summed E-state index contributed by atoms with van der Waals surface area (Å²) in [5.74, 6) is 1.02. The molecule has 1 N–H and O–H groups in total. The first-order valence-corrected chi connectivity index (χ1v) is 5.36. The molecule has 47 valence electrons. The van der Waals surface area contributed by atoms with Crippen molar-refractivity contribution in [2.45, 2.75) is 0 Å². The number of hydrogen-bond acceptors (Lipinski definition) is 1. The molecule has 1 radical (unpaired) electrons. The van der Waals surface area contributed by atoms with E-state index in [1.807, 2.05) is 0 Å². The predicted octanol–water partition coefficient (Wildman–Crippen LogP) is 1.27. The van der Waals surface area contributed by atoms with Crippen LogP contribution in [0.15, 0.2) is 0 Å². The van der Waals surface area contributed by atoms with Crippen LogP contribution in [0.5, 0.6) is 0 Å². The molecule has 0 aliphatic carbocycles. The van der Waals surface area contributed by atoms with Crippen molar-refractivity contribution in [3.63, 3.8) is 0 Å². The Morgan fingerprint density at radius 2 is 1.88 bits per heavy atom. The zero-order valence-corrected chi connectivity index (χ0v) is 12.8. The molecule has 0 aliphatic heterocycles. The topological polar surface area (TPSA) is 20.2 Å². The van der Waals surface area contributed by atoms with Crippen LogP contribution in [0, 0.1) is 0 Å². The molecule has 1 atom stereocenters. The molecule has 0 aromatic carbocycles. The maximum Gasteiger partial charge on any atom is 0.0150 e. The smallest absolute Gasteiger partial charge is 0.0150 e. The fourth-order valence-electron chi connectivity index (χ4n) is 0.141. The second kappa shape index (κ2) is 12.3. The Labute approximate surface area is 93.5 Å². The van der Waals surface area contributed by atoms with Gasteiger partial charge in [-0.3, -0.25) is 0 Å². The number of hydrogen-bond donors (Lipinski definition) is 1. The van der Waals surface area contributed by atoms with Gasteiger partial charge in [0, 0.05) is 68.5 Å². The molecule has 0 heterocycles. The average Bonchev–Trinajstić information content (AvgIpc) is 1.35. The molecule has 0 amide bonds. The average molecular weight is 397 g/mol. The molecule has 8 heavy (non-hydrogen) atoms. The van der Waals surface area contributed by atoms with Crippen molar-refractivity contribution in [2.24, 2.45) is 0 Å². The van der Waals surface area contributed by atoms with E-state index >= 15 is 0 Å². The van der Waals surface area contributed by atoms with Crippen LogP contribution in [0.3, 0.4) is 0 Å². The monoisotopic (exact) mass is 397 g/mol. The van der Waals surface area contributed by atoms with Crippen molar-refractivity contribution in [1.82, 2.24) is 0 Å². The number of rotatable bonds is 2. The van der Waals surface area contributed by atoms with E-state index in [1.165, 1.54) is 0 Å². The Kier molecular flexibility index (Phi) is 26.0. The molecule has 1 nitrogen and oxygen atoms in total. The third kappa shape index (κ3) is 15.8. The first-order chi connectivity index (χ1) is 2.77. The third-order valence-electron chi connectivity index (χ3n) is 0.387. The van der Waals surface area contributed by atoms with Gasteiger partial charge in [0.2, 0.25) is 0 Å². The van der Waals surface area contributed by atoms with Crippen LogP contribution in [-0.2, 0) is 53.8 Å². The van der Waals surface area contributed by atoms with Crippen LogP contribution in [0.25, 0.3) is 0 Å². The Balaban J connectivity index is -0.000000125. The van der Waals surface area contributed by atoms with Crippen LogP contribution >= 0.6 is 16.7 Å². The molecule has 0 fully saturated rings. The van der Waals surface area contributed by atoms with Gasteiger partial charge in [-0.1, -0.05) is 0 Å². The predicted molar refractivity (Wildman–Crippen MR) is 34.2 cm³/mol. The first-order valence-electron chi connectivity index (χ1n) is 1.79. The van der Waals surface area contributed by atoms with E-state index in [-0.39, 0.29) is 70.5 Å². The Bertz CT molecular complexity index is 38.5. The van der Waals surface area contributed by atoms with E-state index in [1.54, 1.807) is 0 Å². The molecule has 0 aromatic heterocycles. The molecular weight excluding hydrogens is 387 g/mol. The van der Waals surface area contributed by atoms with Crippen molar-refractivity contribution in [2.75, 3.05) is 19.2 Å². The summed E-state index contributed by atoms with van der Waals surface area (Å²) in [6, 6.07) is 0. The van der Waals surface area contributed by atoms with Gasteiger partial charge in [-0.05, 0) is 13.3 Å². The molecule has 0 saturated carbocycles. The van der Waals surface area contributed by atoms with Gasteiger partial charge >= 0.3 is 0 Å². The van der Waals surface area contributed by atoms with E-state index in [9.17, 15) is 0 Å². The summed E-state index contributed by atoms with van der Waals surface area (Å²) >= 11 is 0. The van der Waals surface area contributed by atoms with Gasteiger partial charge in [0.25, 0.3) is 0 Å². The molecule has 0 spiro atoms. The van der Waals surface area contributed by atoms with Crippen molar-refractivity contribution in [3.8, 4) is 0 Å². The minimum absolute atomic E-state index is 0. The van der Waals surface area contributed by atoms with Gasteiger partial charge in [-0.25, -0.2) is 0 Å². The molecule has 0 saturated heterocycles. The van der Waals surface area contributed by atoms with Gasteiger partial charge in [0.1, 0.15) is 0 Å². The first kappa shape index (κ1) is 16.9. The van der Waals surface area contributed by atoms with Gasteiger partial charge in [0.15, 0.2) is 0 Å². The summed E-state index contributed by atoms with van der Waals surface area (Å²) in [6.45, 7) is 4.33. The minimum Gasteiger partial charge on any atom is -0.377 e. The second-order valence-corrected chi connectivity index (χ2v) is 5.14. The van der Waals surface area contributed by atoms with Crippen LogP contribution in [0.4, 0.5) is 0 Å². The normalized spacial score (nSPS) is 9.00. The fraction of sp³-hybridized carbons (Fsp3) is 1.00. The third-order valence-corrected chi connectivity index (χ3v) is 3.48. The molecule has 0 aromatic rings. The Morgan fingerprint density at radius 1 is 1.50 bits per heavy atom. The van der Waals surface area contributed by atoms with Gasteiger partial charge in [-0.15, -0.1) is 7.92 Å². The molecule has 0 aliphatic rings. The Hall–Kier alpha value is 2.61. The van der Waals surface area contributed by atoms with Crippen LogP contribution in [0.1, 0.15) is 0 Å². The SMILES string of the molecule is CP(C)CPO.[W].[Y]. The van der Waals surface area contributed by atoms with Crippen molar-refractivity contribution in [3.05, 3.63) is 0 Å². The van der Waals surface area contributed by atoms with Gasteiger partial charge in [-0.2, -0.15) is 0 Å². The summed E-state index contributed by atoms with van der Waals surface area (Å²) in [5, 5.41) is 0. The molecule has 0 rings (SSSR count). The summed E-state index contributed by atoms with van der Waals surface area (Å²) in [4.78, 5) is 8.28. The second-order valence-electron chi connectivity index (χ2n) is 1.40. The van der Waals surface area contributed by atoms with Gasteiger partial charge < -0.3 is 4.89 Å². The summed E-state index contributed by atoms with van der Waals surface area (Å²) in [6.07, 6.45) is 0. The minimum atomic E-state index is 0. The van der Waals surface area contributed by atoms with Crippen LogP contribution < -0.4 is 0 Å². The zero-order valence-electron chi connectivity index (χ0n) is 5.09. The quantitative estimate of drug-likeness (QED) is 0.697. The van der Waals surface area contributed by atoms with Crippen LogP contribution in [0.2, 0.25) is 0 Å². The van der Waals surface area contributed by atoms with Gasteiger partial charge in [0.05, 0.1) is 0 Å². The van der Waals surface area contributed by atoms with E-state index in [0.717, 1.165) is 5.90 Å². The van der Waals surface area contributed by atoms with E-state index in [0.29, 0.717) is 0 Å². The van der Waals surface area contributed by atoms with Crippen molar-refractivity contribution >= 4 is 16.7 Å². The largest absolute Gasteiger partial charge is 0.377 e. The van der Waals surface area contributed by atoms with Crippen LogP contribution in [-0.4, -0.2) is 24.1 Å². The molecule has 0 bridgehead atoms. The molecule has 1 unspecified atom stereocenters. The standard InChI is InChI=1S/C3H10OP2.W.Y/c1-6(2)3-5-4;;/h4-5H,3H2,1-2H3;;. The Morgan fingerprint density at radius 3 is 1.88 bits per heavy atom. The summed E-state index contributed by atoms with van der Waals surface area (Å²) < 4.78 is 0. The summed E-state index contributed by atoms with van der Waals surface area (Å²) in [7, 11) is 0.329. The van der Waals surface area contributed by atoms with E-state index in [2.05, 4.69) is 13.3 Å². The van der Waals surface area contributed by atoms with Crippen molar-refractivity contribution < 1.29 is 58.7 Å². The maximum absolute atomic E-state index is 8.28.